The highest BCUT2D eigenvalue weighted by molar-refractivity contribution is 7.89. The third-order valence-electron chi connectivity index (χ3n) is 9.18. The first-order valence-electron chi connectivity index (χ1n) is 15.0. The largest absolute Gasteiger partial charge is 0.487 e. The zero-order chi connectivity index (χ0) is 31.3. The average molecular weight is 634 g/mol. The summed E-state index contributed by atoms with van der Waals surface area (Å²) in [6.07, 6.45) is 5.02. The first kappa shape index (κ1) is 33.1. The first-order chi connectivity index (χ1) is 20.4. The minimum Gasteiger partial charge on any atom is -0.487 e. The van der Waals surface area contributed by atoms with E-state index in [9.17, 15) is 18.0 Å². The number of methoxy groups -OCH3 is 1. The van der Waals surface area contributed by atoms with Gasteiger partial charge in [0.2, 0.25) is 15.9 Å². The van der Waals surface area contributed by atoms with Crippen LogP contribution in [0.3, 0.4) is 0 Å². The van der Waals surface area contributed by atoms with E-state index in [1.54, 1.807) is 31.9 Å². The number of fused-ring (bicyclic) bond motifs is 2. The second-order valence-corrected chi connectivity index (χ2v) is 14.5. The highest BCUT2D eigenvalue weighted by Crippen LogP contribution is 2.39. The number of carbonyl (C=O) groups excluding carboxylic acids is 2. The molecule has 43 heavy (non-hydrogen) atoms. The van der Waals surface area contributed by atoms with E-state index in [-0.39, 0.29) is 18.2 Å². The number of rotatable bonds is 9. The maximum Gasteiger partial charge on any atom is 0.337 e. The molecular formula is C32H44ClN3O6S. The second kappa shape index (κ2) is 14.3. The number of benzene rings is 2. The molecule has 236 valence electrons. The van der Waals surface area contributed by atoms with E-state index >= 15 is 0 Å². The summed E-state index contributed by atoms with van der Waals surface area (Å²) in [5.74, 6) is 0.527. The van der Waals surface area contributed by atoms with Gasteiger partial charge >= 0.3 is 5.97 Å². The molecule has 9 nitrogen and oxygen atoms in total. The molecule has 0 spiro atoms. The fourth-order valence-corrected chi connectivity index (χ4v) is 6.90. The van der Waals surface area contributed by atoms with E-state index in [0.29, 0.717) is 41.3 Å². The van der Waals surface area contributed by atoms with Gasteiger partial charge in [-0.05, 0) is 98.2 Å². The third-order valence-corrected chi connectivity index (χ3v) is 10.9. The van der Waals surface area contributed by atoms with Crippen LogP contribution in [-0.4, -0.2) is 64.2 Å². The van der Waals surface area contributed by atoms with Gasteiger partial charge in [-0.25, -0.2) is 18.4 Å². The van der Waals surface area contributed by atoms with Gasteiger partial charge in [-0.3, -0.25) is 4.79 Å². The summed E-state index contributed by atoms with van der Waals surface area (Å²) >= 11 is 6.30. The molecular weight excluding hydrogens is 590 g/mol. The van der Waals surface area contributed by atoms with Gasteiger partial charge in [-0.15, -0.1) is 0 Å². The molecule has 0 bridgehead atoms. The van der Waals surface area contributed by atoms with Crippen molar-refractivity contribution in [2.75, 3.05) is 38.7 Å². The van der Waals surface area contributed by atoms with Crippen molar-refractivity contribution in [1.29, 1.82) is 0 Å². The maximum absolute atomic E-state index is 13.0. The number of carbonyl (C=O) groups is 2. The number of aryl methyl sites for hydroxylation is 1. The van der Waals surface area contributed by atoms with Crippen LogP contribution in [0.25, 0.3) is 0 Å². The predicted octanol–water partition coefficient (Wildman–Crippen LogP) is 5.04. The quantitative estimate of drug-likeness (QED) is 0.385. The highest BCUT2D eigenvalue weighted by atomic mass is 35.5. The topological polar surface area (TPSA) is 119 Å². The predicted molar refractivity (Wildman–Crippen MR) is 169 cm³/mol. The van der Waals surface area contributed by atoms with E-state index in [0.717, 1.165) is 56.4 Å². The second-order valence-electron chi connectivity index (χ2n) is 12.1. The van der Waals surface area contributed by atoms with Crippen LogP contribution < -0.4 is 14.8 Å². The minimum atomic E-state index is -3.70. The van der Waals surface area contributed by atoms with Crippen molar-refractivity contribution in [3.05, 3.63) is 58.1 Å². The summed E-state index contributed by atoms with van der Waals surface area (Å²) < 4.78 is 34.9. The number of amides is 1. The SMILES string of the molecule is COC(=O)c1ccc2c(c1)N(C[C@@H]1CC[C@H]1CN(C)C(=O)C[C@H](C)[C@@H](C)S(N)(=O)=O)CCCCc1cc(Cl)ccc1CO2. The lowest BCUT2D eigenvalue weighted by Gasteiger charge is -2.42. The van der Waals surface area contributed by atoms with Gasteiger partial charge < -0.3 is 19.3 Å². The highest BCUT2D eigenvalue weighted by Gasteiger charge is 2.35. The zero-order valence-corrected chi connectivity index (χ0v) is 27.1. The van der Waals surface area contributed by atoms with Crippen LogP contribution in [-0.2, 0) is 32.6 Å². The van der Waals surface area contributed by atoms with Crippen molar-refractivity contribution in [2.45, 2.75) is 64.2 Å². The van der Waals surface area contributed by atoms with Crippen LogP contribution in [0.5, 0.6) is 5.75 Å². The van der Waals surface area contributed by atoms with E-state index in [4.69, 9.17) is 26.2 Å². The Morgan fingerprint density at radius 3 is 2.53 bits per heavy atom. The molecule has 1 heterocycles. The molecule has 2 N–H and O–H groups in total. The number of hydrogen-bond donors (Lipinski definition) is 1. The fourth-order valence-electron chi connectivity index (χ4n) is 5.96. The number of anilines is 1. The van der Waals surface area contributed by atoms with Crippen molar-refractivity contribution in [3.8, 4) is 5.75 Å². The van der Waals surface area contributed by atoms with E-state index < -0.39 is 21.2 Å². The molecule has 11 heteroatoms. The van der Waals surface area contributed by atoms with Crippen molar-refractivity contribution in [3.63, 3.8) is 0 Å². The Labute approximate surface area is 260 Å². The van der Waals surface area contributed by atoms with Gasteiger partial charge in [0.15, 0.2) is 0 Å². The molecule has 1 aliphatic carbocycles. The Kier molecular flexibility index (Phi) is 11.0. The van der Waals surface area contributed by atoms with Crippen LogP contribution in [0, 0.1) is 17.8 Å². The number of primary sulfonamides is 1. The van der Waals surface area contributed by atoms with Crippen LogP contribution >= 0.6 is 11.6 Å². The lowest BCUT2D eigenvalue weighted by atomic mass is 9.73. The summed E-state index contributed by atoms with van der Waals surface area (Å²) in [6, 6.07) is 11.4. The molecule has 0 unspecified atom stereocenters. The number of sulfonamides is 1. The molecule has 0 radical (unpaired) electrons. The lowest BCUT2D eigenvalue weighted by Crippen LogP contribution is -2.45. The molecule has 1 fully saturated rings. The number of nitrogens with two attached hydrogens (primary N) is 1. The summed E-state index contributed by atoms with van der Waals surface area (Å²) in [7, 11) is -0.538. The third kappa shape index (κ3) is 8.42. The lowest BCUT2D eigenvalue weighted by molar-refractivity contribution is -0.132. The number of halogens is 1. The molecule has 4 rings (SSSR count). The van der Waals surface area contributed by atoms with Crippen molar-refractivity contribution < 1.29 is 27.5 Å². The smallest absolute Gasteiger partial charge is 0.337 e. The van der Waals surface area contributed by atoms with Crippen molar-refractivity contribution >= 4 is 39.2 Å². The normalized spacial score (nSPS) is 20.3. The molecule has 1 saturated carbocycles. The fraction of sp³-hybridized carbons (Fsp3) is 0.562. The zero-order valence-electron chi connectivity index (χ0n) is 25.6. The van der Waals surface area contributed by atoms with E-state index in [2.05, 4.69) is 4.90 Å². The Hall–Kier alpha value is -2.82. The van der Waals surface area contributed by atoms with Gasteiger partial charge in [0.1, 0.15) is 12.4 Å². The Morgan fingerprint density at radius 2 is 1.86 bits per heavy atom. The summed E-state index contributed by atoms with van der Waals surface area (Å²) in [4.78, 5) is 29.5. The summed E-state index contributed by atoms with van der Waals surface area (Å²) in [5.41, 5.74) is 3.62. The van der Waals surface area contributed by atoms with Crippen molar-refractivity contribution in [2.24, 2.45) is 22.9 Å². The standard InChI is InChI=1S/C32H44ClN3O6S/c1-21(22(2)43(34,39)40)15-31(37)35(3)18-25-8-9-26(25)19-36-14-6-5-7-23-16-28(33)12-10-27(23)20-42-30-13-11-24(17-29(30)36)32(38)41-4/h10-13,16-17,21-22,25-26H,5-9,14-15,18-20H2,1-4H3,(H2,34,39,40)/t21-,22+,25-,26-/m0/s1. The molecule has 0 saturated heterocycles. The van der Waals surface area contributed by atoms with Gasteiger partial charge in [-0.2, -0.15) is 0 Å². The first-order valence-corrected chi connectivity index (χ1v) is 17.0. The Bertz CT molecular complexity index is 1420. The van der Waals surface area contributed by atoms with Crippen LogP contribution in [0.1, 0.15) is 67.4 Å². The molecule has 2 aromatic rings. The molecule has 1 aliphatic heterocycles. The maximum atomic E-state index is 13.0. The van der Waals surface area contributed by atoms with Crippen LogP contribution in [0.4, 0.5) is 5.69 Å². The van der Waals surface area contributed by atoms with E-state index in [1.807, 2.05) is 30.3 Å². The van der Waals surface area contributed by atoms with Crippen molar-refractivity contribution in [1.82, 2.24) is 4.90 Å². The van der Waals surface area contributed by atoms with Gasteiger partial charge in [0, 0.05) is 38.1 Å². The van der Waals surface area contributed by atoms with E-state index in [1.165, 1.54) is 12.7 Å². The van der Waals surface area contributed by atoms with Crippen LogP contribution in [0.2, 0.25) is 5.02 Å². The minimum absolute atomic E-state index is 0.0787. The van der Waals surface area contributed by atoms with Gasteiger partial charge in [0.05, 0.1) is 23.6 Å². The number of esters is 1. The summed E-state index contributed by atoms with van der Waals surface area (Å²) in [6.45, 7) is 5.86. The average Bonchev–Trinajstić information content (AvgIpc) is 2.99. The molecule has 4 atom stereocenters. The Morgan fingerprint density at radius 1 is 1.12 bits per heavy atom. The van der Waals surface area contributed by atoms with Gasteiger partial charge in [-0.1, -0.05) is 24.6 Å². The molecule has 1 amide bonds. The molecule has 2 aliphatic rings. The summed E-state index contributed by atoms with van der Waals surface area (Å²) in [5, 5.41) is 5.23. The van der Waals surface area contributed by atoms with Gasteiger partial charge in [0.25, 0.3) is 0 Å². The Balaban J connectivity index is 1.50. The number of nitrogens with zero attached hydrogens (tertiary/aromatic N) is 2. The monoisotopic (exact) mass is 633 g/mol. The van der Waals surface area contributed by atoms with Crippen LogP contribution in [0.15, 0.2) is 36.4 Å². The molecule has 0 aromatic heterocycles. The molecule has 2 aromatic carbocycles. The number of ether oxygens (including phenoxy) is 2. The number of hydrogen-bond acceptors (Lipinski definition) is 7.